The highest BCUT2D eigenvalue weighted by Crippen LogP contribution is 2.15. The van der Waals surface area contributed by atoms with Gasteiger partial charge in [0.1, 0.15) is 5.82 Å². The van der Waals surface area contributed by atoms with Crippen LogP contribution in [0, 0.1) is 19.7 Å². The fourth-order valence-electron chi connectivity index (χ4n) is 2.42. The molecule has 0 fully saturated rings. The Labute approximate surface area is 150 Å². The lowest BCUT2D eigenvalue weighted by Gasteiger charge is -2.13. The number of halogens is 2. The van der Waals surface area contributed by atoms with Crippen molar-refractivity contribution in [3.05, 3.63) is 51.5 Å². The van der Waals surface area contributed by atoms with Crippen molar-refractivity contribution in [3.63, 3.8) is 0 Å². The van der Waals surface area contributed by atoms with E-state index in [0.717, 1.165) is 29.7 Å². The molecular weight excluding hydrogens is 373 g/mol. The molecule has 24 heavy (non-hydrogen) atoms. The topological polar surface area (TPSA) is 54.2 Å². The maximum Gasteiger partial charge on any atom is 0.191 e. The Bertz CT molecular complexity index is 711. The first kappa shape index (κ1) is 18.4. The number of nitrogens with zero attached hydrogens (tertiary/aromatic N) is 3. The van der Waals surface area contributed by atoms with Crippen LogP contribution in [0.15, 0.2) is 33.7 Å². The van der Waals surface area contributed by atoms with E-state index in [2.05, 4.69) is 49.6 Å². The van der Waals surface area contributed by atoms with Crippen LogP contribution in [0.2, 0.25) is 0 Å². The summed E-state index contributed by atoms with van der Waals surface area (Å²) in [5.74, 6) is 0.424. The Kier molecular flexibility index (Phi) is 6.78. The molecule has 1 aromatic carbocycles. The van der Waals surface area contributed by atoms with E-state index in [-0.39, 0.29) is 5.82 Å². The van der Waals surface area contributed by atoms with Crippen molar-refractivity contribution in [2.45, 2.75) is 33.4 Å². The van der Waals surface area contributed by atoms with Crippen molar-refractivity contribution in [3.8, 4) is 0 Å². The number of aryl methyl sites for hydroxylation is 3. The monoisotopic (exact) mass is 395 g/mol. The molecule has 0 radical (unpaired) electrons. The van der Waals surface area contributed by atoms with Gasteiger partial charge in [-0.05, 0) is 44.5 Å². The third-order valence-electron chi connectivity index (χ3n) is 3.62. The predicted octanol–water partition coefficient (Wildman–Crippen LogP) is 3.16. The molecule has 1 aromatic heterocycles. The quantitative estimate of drug-likeness (QED) is 0.448. The van der Waals surface area contributed by atoms with Crippen molar-refractivity contribution in [1.82, 2.24) is 20.4 Å². The van der Waals surface area contributed by atoms with E-state index in [4.69, 9.17) is 0 Å². The molecule has 0 aliphatic heterocycles. The summed E-state index contributed by atoms with van der Waals surface area (Å²) in [6.07, 6.45) is 0.925. The van der Waals surface area contributed by atoms with Gasteiger partial charge in [-0.2, -0.15) is 5.10 Å². The maximum absolute atomic E-state index is 13.7. The number of aliphatic imine (C=N–C) groups is 1. The fraction of sp³-hybridized carbons (Fsp3) is 0.412. The van der Waals surface area contributed by atoms with Crippen LogP contribution in [-0.2, 0) is 13.1 Å². The summed E-state index contributed by atoms with van der Waals surface area (Å²) in [6.45, 7) is 6.04. The van der Waals surface area contributed by atoms with Gasteiger partial charge in [-0.1, -0.05) is 15.9 Å². The number of rotatable bonds is 6. The molecule has 0 amide bonds. The van der Waals surface area contributed by atoms with E-state index >= 15 is 0 Å². The highest BCUT2D eigenvalue weighted by molar-refractivity contribution is 9.10. The van der Waals surface area contributed by atoms with Gasteiger partial charge in [0.15, 0.2) is 5.96 Å². The third kappa shape index (κ3) is 5.33. The lowest BCUT2D eigenvalue weighted by molar-refractivity contribution is 0.554. The number of benzene rings is 1. The molecule has 130 valence electrons. The summed E-state index contributed by atoms with van der Waals surface area (Å²) in [7, 11) is 1.70. The van der Waals surface area contributed by atoms with E-state index in [9.17, 15) is 4.39 Å². The van der Waals surface area contributed by atoms with Crippen molar-refractivity contribution >= 4 is 21.9 Å². The Morgan fingerprint density at radius 1 is 1.29 bits per heavy atom. The molecule has 2 N–H and O–H groups in total. The van der Waals surface area contributed by atoms with Gasteiger partial charge < -0.3 is 10.6 Å². The van der Waals surface area contributed by atoms with E-state index in [1.807, 2.05) is 11.6 Å². The molecular formula is C17H23BrFN5. The summed E-state index contributed by atoms with van der Waals surface area (Å²) in [4.78, 5) is 4.16. The molecule has 2 aromatic rings. The summed E-state index contributed by atoms with van der Waals surface area (Å²) >= 11 is 3.35. The molecule has 0 saturated heterocycles. The predicted molar refractivity (Wildman–Crippen MR) is 98.6 cm³/mol. The van der Waals surface area contributed by atoms with E-state index < -0.39 is 0 Å². The number of guanidine groups is 1. The average molecular weight is 396 g/mol. The number of nitrogens with one attached hydrogen (secondary N) is 2. The van der Waals surface area contributed by atoms with Crippen molar-refractivity contribution in [2.24, 2.45) is 4.99 Å². The minimum Gasteiger partial charge on any atom is -0.356 e. The van der Waals surface area contributed by atoms with Crippen LogP contribution in [0.25, 0.3) is 0 Å². The smallest absolute Gasteiger partial charge is 0.191 e. The second kappa shape index (κ2) is 8.82. The molecule has 1 heterocycles. The van der Waals surface area contributed by atoms with Gasteiger partial charge in [0.05, 0.1) is 5.69 Å². The zero-order valence-electron chi connectivity index (χ0n) is 14.2. The summed E-state index contributed by atoms with van der Waals surface area (Å²) in [5.41, 5.74) is 2.80. The van der Waals surface area contributed by atoms with Crippen LogP contribution in [-0.4, -0.2) is 29.3 Å². The number of hydrogen-bond acceptors (Lipinski definition) is 2. The second-order valence-electron chi connectivity index (χ2n) is 5.59. The lowest BCUT2D eigenvalue weighted by Crippen LogP contribution is -2.37. The highest BCUT2D eigenvalue weighted by atomic mass is 79.9. The van der Waals surface area contributed by atoms with Gasteiger partial charge in [-0.25, -0.2) is 4.39 Å². The van der Waals surface area contributed by atoms with Crippen LogP contribution in [0.1, 0.15) is 23.4 Å². The van der Waals surface area contributed by atoms with Gasteiger partial charge in [-0.15, -0.1) is 0 Å². The maximum atomic E-state index is 13.7. The van der Waals surface area contributed by atoms with Gasteiger partial charge in [0, 0.05) is 42.4 Å². The normalized spacial score (nSPS) is 11.6. The molecule has 0 aliphatic carbocycles. The molecule has 0 bridgehead atoms. The van der Waals surface area contributed by atoms with Crippen LogP contribution in [0.4, 0.5) is 4.39 Å². The van der Waals surface area contributed by atoms with E-state index in [0.29, 0.717) is 18.1 Å². The van der Waals surface area contributed by atoms with E-state index in [1.54, 1.807) is 19.2 Å². The van der Waals surface area contributed by atoms with Crippen molar-refractivity contribution in [1.29, 1.82) is 0 Å². The fourth-order valence-corrected chi connectivity index (χ4v) is 2.82. The third-order valence-corrected chi connectivity index (χ3v) is 4.11. The molecule has 7 heteroatoms. The van der Waals surface area contributed by atoms with Gasteiger partial charge >= 0.3 is 0 Å². The zero-order chi connectivity index (χ0) is 17.5. The largest absolute Gasteiger partial charge is 0.356 e. The molecule has 2 rings (SSSR count). The zero-order valence-corrected chi connectivity index (χ0v) is 15.8. The minimum atomic E-state index is -0.231. The van der Waals surface area contributed by atoms with Crippen molar-refractivity contribution < 1.29 is 4.39 Å². The van der Waals surface area contributed by atoms with Crippen LogP contribution in [0.3, 0.4) is 0 Å². The van der Waals surface area contributed by atoms with Crippen LogP contribution < -0.4 is 10.6 Å². The van der Waals surface area contributed by atoms with Gasteiger partial charge in [-0.3, -0.25) is 9.67 Å². The summed E-state index contributed by atoms with van der Waals surface area (Å²) in [6, 6.07) is 6.97. The standard InChI is InChI=1S/C17H23BrFN5/c1-12-9-13(2)24(23-12)8-4-7-21-17(20-3)22-11-14-10-15(18)5-6-16(14)19/h5-6,9-10H,4,7-8,11H2,1-3H3,(H2,20,21,22). The van der Waals surface area contributed by atoms with Gasteiger partial charge in [0.2, 0.25) is 0 Å². The second-order valence-corrected chi connectivity index (χ2v) is 6.51. The molecule has 0 spiro atoms. The molecule has 0 unspecified atom stereocenters. The first-order chi connectivity index (χ1) is 11.5. The first-order valence-electron chi connectivity index (χ1n) is 7.89. The lowest BCUT2D eigenvalue weighted by atomic mass is 10.2. The number of aromatic nitrogens is 2. The molecule has 0 saturated carbocycles. The summed E-state index contributed by atoms with van der Waals surface area (Å²) in [5, 5.41) is 10.8. The SMILES string of the molecule is CN=C(NCCCn1nc(C)cc1C)NCc1cc(Br)ccc1F. The first-order valence-corrected chi connectivity index (χ1v) is 8.68. The van der Waals surface area contributed by atoms with Gasteiger partial charge in [0.25, 0.3) is 0 Å². The summed E-state index contributed by atoms with van der Waals surface area (Å²) < 4.78 is 16.6. The Morgan fingerprint density at radius 3 is 2.75 bits per heavy atom. The minimum absolute atomic E-state index is 0.231. The Balaban J connectivity index is 1.76. The van der Waals surface area contributed by atoms with Crippen molar-refractivity contribution in [2.75, 3.05) is 13.6 Å². The van der Waals surface area contributed by atoms with Crippen LogP contribution >= 0.6 is 15.9 Å². The Morgan fingerprint density at radius 2 is 2.08 bits per heavy atom. The number of hydrogen-bond donors (Lipinski definition) is 2. The van der Waals surface area contributed by atoms with E-state index in [1.165, 1.54) is 11.8 Å². The highest BCUT2D eigenvalue weighted by Gasteiger charge is 2.05. The van der Waals surface area contributed by atoms with Crippen LogP contribution in [0.5, 0.6) is 0 Å². The molecule has 5 nitrogen and oxygen atoms in total. The average Bonchev–Trinajstić information content (AvgIpc) is 2.87. The molecule has 0 atom stereocenters. The Hall–Kier alpha value is -1.89. The molecule has 0 aliphatic rings.